The van der Waals surface area contributed by atoms with Crippen LogP contribution < -0.4 is 5.32 Å². The Balaban J connectivity index is 1.93. The molecule has 18 heavy (non-hydrogen) atoms. The summed E-state index contributed by atoms with van der Waals surface area (Å²) in [5.41, 5.74) is 2.61. The van der Waals surface area contributed by atoms with Crippen molar-refractivity contribution in [1.82, 2.24) is 10.3 Å². The number of nitrogens with zero attached hydrogens (tertiary/aromatic N) is 1. The van der Waals surface area contributed by atoms with Crippen molar-refractivity contribution >= 4 is 11.3 Å². The van der Waals surface area contributed by atoms with Gasteiger partial charge in [0.05, 0.1) is 16.8 Å². The van der Waals surface area contributed by atoms with E-state index in [0.29, 0.717) is 18.7 Å². The highest BCUT2D eigenvalue weighted by atomic mass is 32.1. The van der Waals surface area contributed by atoms with Crippen LogP contribution in [0.3, 0.4) is 0 Å². The van der Waals surface area contributed by atoms with Crippen molar-refractivity contribution in [2.45, 2.75) is 19.3 Å². The van der Waals surface area contributed by atoms with Gasteiger partial charge in [-0.25, -0.2) is 4.98 Å². The summed E-state index contributed by atoms with van der Waals surface area (Å²) in [5.74, 6) is 0. The molecule has 1 N–H and O–H groups in total. The molecule has 6 heteroatoms. The average Bonchev–Trinajstić information content (AvgIpc) is 2.81. The number of hydrogen-bond donors (Lipinski definition) is 1. The monoisotopic (exact) mass is 272 g/mol. The fourth-order valence-electron chi connectivity index (χ4n) is 1.52. The highest BCUT2D eigenvalue weighted by Gasteiger charge is 2.30. The predicted octanol–water partition coefficient (Wildman–Crippen LogP) is 3.45. The molecule has 0 spiro atoms. The van der Waals surface area contributed by atoms with Crippen molar-refractivity contribution in [3.8, 4) is 0 Å². The topological polar surface area (TPSA) is 24.9 Å². The first-order valence-corrected chi connectivity index (χ1v) is 6.24. The van der Waals surface area contributed by atoms with E-state index in [2.05, 4.69) is 10.3 Å². The molecule has 1 aromatic heterocycles. The number of benzene rings is 1. The van der Waals surface area contributed by atoms with Gasteiger partial charge in [0.2, 0.25) is 0 Å². The number of rotatable bonds is 4. The molecule has 0 aliphatic heterocycles. The molecule has 0 fully saturated rings. The molecule has 1 heterocycles. The van der Waals surface area contributed by atoms with Gasteiger partial charge in [-0.05, 0) is 11.6 Å². The van der Waals surface area contributed by atoms with Crippen LogP contribution in [0.25, 0.3) is 0 Å². The minimum Gasteiger partial charge on any atom is -0.307 e. The number of nitrogens with one attached hydrogen (secondary N) is 1. The van der Waals surface area contributed by atoms with Gasteiger partial charge in [0.25, 0.3) is 0 Å². The Morgan fingerprint density at radius 2 is 2.06 bits per heavy atom. The van der Waals surface area contributed by atoms with Crippen LogP contribution >= 0.6 is 11.3 Å². The third-order valence-electron chi connectivity index (χ3n) is 2.37. The van der Waals surface area contributed by atoms with Crippen LogP contribution in [0.1, 0.15) is 16.8 Å². The molecule has 0 bridgehead atoms. The first kappa shape index (κ1) is 13.0. The Morgan fingerprint density at radius 3 is 2.72 bits per heavy atom. The molecule has 0 aliphatic rings. The summed E-state index contributed by atoms with van der Waals surface area (Å²) in [5, 5.41) is 4.96. The fraction of sp³-hybridized carbons (Fsp3) is 0.250. The Bertz CT molecular complexity index is 494. The van der Waals surface area contributed by atoms with E-state index < -0.39 is 11.7 Å². The number of thiazole rings is 1. The summed E-state index contributed by atoms with van der Waals surface area (Å²) in [6.07, 6.45) is -4.29. The quantitative estimate of drug-likeness (QED) is 0.922. The molecule has 2 aromatic rings. The second kappa shape index (κ2) is 5.49. The van der Waals surface area contributed by atoms with Crippen LogP contribution in [0.15, 0.2) is 35.2 Å². The van der Waals surface area contributed by atoms with Gasteiger partial charge < -0.3 is 5.32 Å². The lowest BCUT2D eigenvalue weighted by molar-refractivity contribution is -0.137. The smallest absolute Gasteiger partial charge is 0.307 e. The fourth-order valence-corrected chi connectivity index (χ4v) is 2.08. The molecule has 2 nitrogen and oxygen atoms in total. The Hall–Kier alpha value is -1.40. The summed E-state index contributed by atoms with van der Waals surface area (Å²) < 4.78 is 37.5. The minimum atomic E-state index is -4.29. The Labute approximate surface area is 106 Å². The van der Waals surface area contributed by atoms with Gasteiger partial charge in [-0.15, -0.1) is 11.3 Å². The summed E-state index contributed by atoms with van der Waals surface area (Å²) in [6, 6.07) is 5.32. The maximum Gasteiger partial charge on any atom is 0.416 e. The minimum absolute atomic E-state index is 0.390. The van der Waals surface area contributed by atoms with Gasteiger partial charge in [0.15, 0.2) is 0 Å². The number of alkyl halides is 3. The van der Waals surface area contributed by atoms with Gasteiger partial charge in [0.1, 0.15) is 0 Å². The first-order valence-electron chi connectivity index (χ1n) is 5.29. The third kappa shape index (κ3) is 3.54. The largest absolute Gasteiger partial charge is 0.416 e. The normalized spacial score (nSPS) is 11.7. The van der Waals surface area contributed by atoms with Gasteiger partial charge in [0, 0.05) is 18.5 Å². The second-order valence-electron chi connectivity index (χ2n) is 3.78. The standard InChI is InChI=1S/C12H11F3N2S/c13-12(14,15)10-3-1-2-9(4-10)5-16-6-11-7-18-8-17-11/h1-4,7-8,16H,5-6H2. The zero-order chi connectivity index (χ0) is 13.0. The Morgan fingerprint density at radius 1 is 1.22 bits per heavy atom. The third-order valence-corrected chi connectivity index (χ3v) is 3.01. The average molecular weight is 272 g/mol. The van der Waals surface area contributed by atoms with Crippen LogP contribution in [-0.2, 0) is 19.3 Å². The van der Waals surface area contributed by atoms with Crippen LogP contribution in [0.4, 0.5) is 13.2 Å². The van der Waals surface area contributed by atoms with E-state index in [1.165, 1.54) is 17.4 Å². The van der Waals surface area contributed by atoms with E-state index in [-0.39, 0.29) is 0 Å². The number of hydrogen-bond acceptors (Lipinski definition) is 3. The zero-order valence-corrected chi connectivity index (χ0v) is 10.2. The molecule has 0 radical (unpaired) electrons. The molecule has 96 valence electrons. The highest BCUT2D eigenvalue weighted by Crippen LogP contribution is 2.29. The van der Waals surface area contributed by atoms with Crippen LogP contribution in [-0.4, -0.2) is 4.98 Å². The zero-order valence-electron chi connectivity index (χ0n) is 9.37. The molecule has 0 amide bonds. The first-order chi connectivity index (χ1) is 8.55. The highest BCUT2D eigenvalue weighted by molar-refractivity contribution is 7.07. The van der Waals surface area contributed by atoms with E-state index in [4.69, 9.17) is 0 Å². The molecule has 0 unspecified atom stereocenters. The maximum atomic E-state index is 12.5. The predicted molar refractivity (Wildman–Crippen MR) is 64.1 cm³/mol. The summed E-state index contributed by atoms with van der Waals surface area (Å²) in [7, 11) is 0. The molecule has 2 rings (SSSR count). The molecule has 0 atom stereocenters. The Kier molecular flexibility index (Phi) is 3.98. The molecule has 0 aliphatic carbocycles. The van der Waals surface area contributed by atoms with E-state index in [0.717, 1.165) is 17.8 Å². The summed E-state index contributed by atoms with van der Waals surface area (Å²) >= 11 is 1.49. The van der Waals surface area contributed by atoms with E-state index in [1.807, 2.05) is 5.38 Å². The van der Waals surface area contributed by atoms with Crippen molar-refractivity contribution in [2.75, 3.05) is 0 Å². The lowest BCUT2D eigenvalue weighted by atomic mass is 10.1. The molecule has 0 saturated carbocycles. The lowest BCUT2D eigenvalue weighted by Gasteiger charge is -2.09. The van der Waals surface area contributed by atoms with Gasteiger partial charge >= 0.3 is 6.18 Å². The lowest BCUT2D eigenvalue weighted by Crippen LogP contribution is -2.14. The molecular formula is C12H11F3N2S. The van der Waals surface area contributed by atoms with Crippen molar-refractivity contribution in [1.29, 1.82) is 0 Å². The summed E-state index contributed by atoms with van der Waals surface area (Å²) in [4.78, 5) is 4.08. The SMILES string of the molecule is FC(F)(F)c1cccc(CNCc2cscn2)c1. The second-order valence-corrected chi connectivity index (χ2v) is 4.50. The van der Waals surface area contributed by atoms with E-state index >= 15 is 0 Å². The summed E-state index contributed by atoms with van der Waals surface area (Å²) in [6.45, 7) is 0.946. The van der Waals surface area contributed by atoms with Crippen molar-refractivity contribution in [2.24, 2.45) is 0 Å². The van der Waals surface area contributed by atoms with Gasteiger partial charge in [-0.1, -0.05) is 18.2 Å². The van der Waals surface area contributed by atoms with E-state index in [1.54, 1.807) is 11.6 Å². The maximum absolute atomic E-state index is 12.5. The van der Waals surface area contributed by atoms with Gasteiger partial charge in [-0.2, -0.15) is 13.2 Å². The van der Waals surface area contributed by atoms with Crippen molar-refractivity contribution in [3.63, 3.8) is 0 Å². The molecular weight excluding hydrogens is 261 g/mol. The number of halogens is 3. The molecule has 1 aromatic carbocycles. The van der Waals surface area contributed by atoms with Crippen molar-refractivity contribution < 1.29 is 13.2 Å². The number of aromatic nitrogens is 1. The molecule has 0 saturated heterocycles. The van der Waals surface area contributed by atoms with Crippen LogP contribution in [0.2, 0.25) is 0 Å². The van der Waals surface area contributed by atoms with E-state index in [9.17, 15) is 13.2 Å². The van der Waals surface area contributed by atoms with Crippen LogP contribution in [0.5, 0.6) is 0 Å². The van der Waals surface area contributed by atoms with Crippen molar-refractivity contribution in [3.05, 3.63) is 52.0 Å². The van der Waals surface area contributed by atoms with Gasteiger partial charge in [-0.3, -0.25) is 0 Å². The van der Waals surface area contributed by atoms with Crippen LogP contribution in [0, 0.1) is 0 Å².